The number of piperazine rings is 1. The molecule has 0 spiro atoms. The molecule has 1 aromatic rings. The van der Waals surface area contributed by atoms with Gasteiger partial charge in [-0.25, -0.2) is 9.97 Å². The number of anilines is 1. The van der Waals surface area contributed by atoms with Gasteiger partial charge in [0.1, 0.15) is 6.07 Å². The Labute approximate surface area is 142 Å². The zero-order valence-corrected chi connectivity index (χ0v) is 14.2. The normalized spacial score (nSPS) is 16.5. The standard InChI is InChI=1S/C16H24N6O2/c1-13(16(23)20-4-3-11-24-2)21-7-9-22(10-8-21)15-14(12-17)18-5-6-19-15/h5-6,13H,3-4,7-11H2,1-2H3,(H,20,23)/t13-/m0/s1. The van der Waals surface area contributed by atoms with Gasteiger partial charge in [0.25, 0.3) is 0 Å². The number of nitrogens with zero attached hydrogens (tertiary/aromatic N) is 5. The summed E-state index contributed by atoms with van der Waals surface area (Å²) < 4.78 is 4.97. The Balaban J connectivity index is 1.83. The Bertz CT molecular complexity index is 580. The van der Waals surface area contributed by atoms with E-state index in [1.54, 1.807) is 13.3 Å². The molecule has 8 heteroatoms. The number of ether oxygens (including phenoxy) is 1. The number of nitrogens with one attached hydrogen (secondary N) is 1. The van der Waals surface area contributed by atoms with E-state index in [1.165, 1.54) is 6.20 Å². The van der Waals surface area contributed by atoms with Crippen LogP contribution in [0.1, 0.15) is 19.0 Å². The largest absolute Gasteiger partial charge is 0.385 e. The van der Waals surface area contributed by atoms with Crippen LogP contribution in [0.2, 0.25) is 0 Å². The maximum atomic E-state index is 12.2. The van der Waals surface area contributed by atoms with E-state index in [9.17, 15) is 4.79 Å². The molecule has 1 saturated heterocycles. The second kappa shape index (κ2) is 9.15. The average Bonchev–Trinajstić information content (AvgIpc) is 2.64. The molecule has 1 fully saturated rings. The number of carbonyl (C=O) groups excluding carboxylic acids is 1. The van der Waals surface area contributed by atoms with E-state index in [0.29, 0.717) is 37.8 Å². The van der Waals surface area contributed by atoms with Crippen LogP contribution in [-0.4, -0.2) is 73.3 Å². The van der Waals surface area contributed by atoms with Gasteiger partial charge in [0.2, 0.25) is 5.91 Å². The summed E-state index contributed by atoms with van der Waals surface area (Å²) in [6.07, 6.45) is 3.93. The molecule has 2 rings (SSSR count). The molecule has 0 aromatic carbocycles. The van der Waals surface area contributed by atoms with Gasteiger partial charge < -0.3 is 15.0 Å². The van der Waals surface area contributed by atoms with E-state index in [1.807, 2.05) is 11.8 Å². The first-order valence-corrected chi connectivity index (χ1v) is 8.14. The van der Waals surface area contributed by atoms with Gasteiger partial charge in [-0.15, -0.1) is 0 Å². The molecule has 1 aliphatic rings. The van der Waals surface area contributed by atoms with Crippen molar-refractivity contribution < 1.29 is 9.53 Å². The quantitative estimate of drug-likeness (QED) is 0.703. The minimum atomic E-state index is -0.174. The fourth-order valence-corrected chi connectivity index (χ4v) is 2.70. The Morgan fingerprint density at radius 2 is 2.08 bits per heavy atom. The molecule has 2 heterocycles. The zero-order chi connectivity index (χ0) is 17.4. The van der Waals surface area contributed by atoms with Crippen molar-refractivity contribution in [3.63, 3.8) is 0 Å². The van der Waals surface area contributed by atoms with Crippen LogP contribution in [0.4, 0.5) is 5.82 Å². The number of amides is 1. The Morgan fingerprint density at radius 1 is 1.38 bits per heavy atom. The van der Waals surface area contributed by atoms with Gasteiger partial charge in [-0.2, -0.15) is 5.26 Å². The summed E-state index contributed by atoms with van der Waals surface area (Å²) in [6, 6.07) is 1.90. The SMILES string of the molecule is COCCCNC(=O)[C@H](C)N1CCN(c2nccnc2C#N)CC1. The monoisotopic (exact) mass is 332 g/mol. The predicted molar refractivity (Wildman–Crippen MR) is 89.5 cm³/mol. The van der Waals surface area contributed by atoms with Crippen molar-refractivity contribution in [2.45, 2.75) is 19.4 Å². The maximum Gasteiger partial charge on any atom is 0.237 e. The van der Waals surface area contributed by atoms with Crippen LogP contribution >= 0.6 is 0 Å². The van der Waals surface area contributed by atoms with Crippen LogP contribution in [-0.2, 0) is 9.53 Å². The van der Waals surface area contributed by atoms with E-state index < -0.39 is 0 Å². The Hall–Kier alpha value is -2.24. The van der Waals surface area contributed by atoms with E-state index in [0.717, 1.165) is 19.5 Å². The molecular weight excluding hydrogens is 308 g/mol. The van der Waals surface area contributed by atoms with E-state index in [4.69, 9.17) is 10.00 Å². The molecule has 1 N–H and O–H groups in total. The van der Waals surface area contributed by atoms with E-state index in [2.05, 4.69) is 26.3 Å². The van der Waals surface area contributed by atoms with Gasteiger partial charge in [0, 0.05) is 58.8 Å². The summed E-state index contributed by atoms with van der Waals surface area (Å²) in [5.74, 6) is 0.660. The number of aromatic nitrogens is 2. The highest BCUT2D eigenvalue weighted by Gasteiger charge is 2.26. The van der Waals surface area contributed by atoms with Crippen LogP contribution in [0.25, 0.3) is 0 Å². The second-order valence-corrected chi connectivity index (χ2v) is 5.68. The molecule has 1 amide bonds. The number of carbonyl (C=O) groups is 1. The highest BCUT2D eigenvalue weighted by Crippen LogP contribution is 2.17. The molecule has 1 aliphatic heterocycles. The lowest BCUT2D eigenvalue weighted by Crippen LogP contribution is -2.54. The summed E-state index contributed by atoms with van der Waals surface area (Å²) >= 11 is 0. The van der Waals surface area contributed by atoms with Gasteiger partial charge >= 0.3 is 0 Å². The molecular formula is C16H24N6O2. The fourth-order valence-electron chi connectivity index (χ4n) is 2.70. The van der Waals surface area contributed by atoms with Gasteiger partial charge in [-0.1, -0.05) is 0 Å². The number of nitriles is 1. The zero-order valence-electron chi connectivity index (χ0n) is 14.2. The first-order chi connectivity index (χ1) is 11.7. The third-order valence-corrected chi connectivity index (χ3v) is 4.15. The average molecular weight is 332 g/mol. The molecule has 0 radical (unpaired) electrons. The van der Waals surface area contributed by atoms with Crippen LogP contribution in [0.15, 0.2) is 12.4 Å². The highest BCUT2D eigenvalue weighted by atomic mass is 16.5. The number of hydrogen-bond acceptors (Lipinski definition) is 7. The predicted octanol–water partition coefficient (Wildman–Crippen LogP) is 0.0115. The smallest absolute Gasteiger partial charge is 0.237 e. The van der Waals surface area contributed by atoms with Crippen LogP contribution in [0.3, 0.4) is 0 Å². The highest BCUT2D eigenvalue weighted by molar-refractivity contribution is 5.81. The Morgan fingerprint density at radius 3 is 2.75 bits per heavy atom. The lowest BCUT2D eigenvalue weighted by Gasteiger charge is -2.38. The molecule has 8 nitrogen and oxygen atoms in total. The first kappa shape index (κ1) is 18.1. The van der Waals surface area contributed by atoms with Crippen molar-refractivity contribution in [1.82, 2.24) is 20.2 Å². The second-order valence-electron chi connectivity index (χ2n) is 5.68. The van der Waals surface area contributed by atoms with Crippen molar-refractivity contribution in [2.75, 3.05) is 51.3 Å². The topological polar surface area (TPSA) is 94.4 Å². The Kier molecular flexibility index (Phi) is 6.90. The van der Waals surface area contributed by atoms with E-state index in [-0.39, 0.29) is 11.9 Å². The van der Waals surface area contributed by atoms with Crippen LogP contribution in [0.5, 0.6) is 0 Å². The molecule has 130 valence electrons. The van der Waals surface area contributed by atoms with E-state index >= 15 is 0 Å². The summed E-state index contributed by atoms with van der Waals surface area (Å²) in [6.45, 7) is 6.12. The number of methoxy groups -OCH3 is 1. The van der Waals surface area contributed by atoms with Crippen LogP contribution in [0, 0.1) is 11.3 Å². The molecule has 24 heavy (non-hydrogen) atoms. The van der Waals surface area contributed by atoms with Gasteiger partial charge in [0.05, 0.1) is 6.04 Å². The van der Waals surface area contributed by atoms with Crippen molar-refractivity contribution in [2.24, 2.45) is 0 Å². The molecule has 0 bridgehead atoms. The molecule has 1 atom stereocenters. The number of hydrogen-bond donors (Lipinski definition) is 1. The summed E-state index contributed by atoms with van der Waals surface area (Å²) in [5, 5.41) is 12.1. The molecule has 0 unspecified atom stereocenters. The number of rotatable bonds is 7. The minimum absolute atomic E-state index is 0.0387. The van der Waals surface area contributed by atoms with Crippen molar-refractivity contribution in [1.29, 1.82) is 5.26 Å². The van der Waals surface area contributed by atoms with Crippen molar-refractivity contribution in [3.05, 3.63) is 18.1 Å². The van der Waals surface area contributed by atoms with Gasteiger partial charge in [0.15, 0.2) is 11.5 Å². The third-order valence-electron chi connectivity index (χ3n) is 4.15. The van der Waals surface area contributed by atoms with Crippen molar-refractivity contribution >= 4 is 11.7 Å². The van der Waals surface area contributed by atoms with Crippen LogP contribution < -0.4 is 10.2 Å². The maximum absolute atomic E-state index is 12.2. The van der Waals surface area contributed by atoms with Gasteiger partial charge in [-0.05, 0) is 13.3 Å². The lowest BCUT2D eigenvalue weighted by atomic mass is 10.2. The third kappa shape index (κ3) is 4.63. The summed E-state index contributed by atoms with van der Waals surface area (Å²) in [7, 11) is 1.65. The van der Waals surface area contributed by atoms with Gasteiger partial charge in [-0.3, -0.25) is 9.69 Å². The molecule has 1 aromatic heterocycles. The molecule has 0 aliphatic carbocycles. The fraction of sp³-hybridized carbons (Fsp3) is 0.625. The molecule has 0 saturated carbocycles. The summed E-state index contributed by atoms with van der Waals surface area (Å²) in [5.41, 5.74) is 0.342. The summed E-state index contributed by atoms with van der Waals surface area (Å²) in [4.78, 5) is 24.7. The van der Waals surface area contributed by atoms with Crippen molar-refractivity contribution in [3.8, 4) is 6.07 Å². The lowest BCUT2D eigenvalue weighted by molar-refractivity contribution is -0.126. The first-order valence-electron chi connectivity index (χ1n) is 8.14. The minimum Gasteiger partial charge on any atom is -0.385 e.